The Labute approximate surface area is 232 Å². The summed E-state index contributed by atoms with van der Waals surface area (Å²) in [5.74, 6) is -1.28. The number of nitrogens with one attached hydrogen (secondary N) is 1. The molecule has 1 aliphatic heterocycles. The highest BCUT2D eigenvalue weighted by molar-refractivity contribution is 6.00. The van der Waals surface area contributed by atoms with Gasteiger partial charge in [-0.3, -0.25) is 14.4 Å². The number of benzene rings is 2. The van der Waals surface area contributed by atoms with Crippen LogP contribution in [-0.4, -0.2) is 84.6 Å². The van der Waals surface area contributed by atoms with Gasteiger partial charge >= 0.3 is 12.1 Å². The second-order valence-corrected chi connectivity index (χ2v) is 9.11. The zero-order valence-electron chi connectivity index (χ0n) is 22.5. The minimum atomic E-state index is -1.20. The lowest BCUT2D eigenvalue weighted by Crippen LogP contribution is -2.56. The van der Waals surface area contributed by atoms with Crippen molar-refractivity contribution >= 4 is 34.8 Å². The molecule has 1 aromatic heterocycles. The van der Waals surface area contributed by atoms with Gasteiger partial charge in [0.2, 0.25) is 5.91 Å². The lowest BCUT2D eigenvalue weighted by molar-refractivity contribution is -0.148. The molecule has 1 aliphatic rings. The van der Waals surface area contributed by atoms with E-state index in [9.17, 15) is 19.2 Å². The Balaban J connectivity index is 1.49. The van der Waals surface area contributed by atoms with Gasteiger partial charge in [-0.2, -0.15) is 0 Å². The fourth-order valence-corrected chi connectivity index (χ4v) is 4.37. The standard InChI is InChI=1S/C29H32N4O7/c1-3-39-29(37)33-15-13-32(14-16-33)28(36)24(18-26(34)40-19-20-9-5-4-6-10-20)31-27(35)23-17-25(38-2)21-11-7-8-12-22(21)30-23/h4-12,17,24H,3,13-16,18-19H2,1-2H3,(H,31,35). The second-order valence-electron chi connectivity index (χ2n) is 9.11. The summed E-state index contributed by atoms with van der Waals surface area (Å²) in [6.45, 7) is 3.01. The highest BCUT2D eigenvalue weighted by Gasteiger charge is 2.32. The van der Waals surface area contributed by atoms with E-state index in [0.29, 0.717) is 11.3 Å². The van der Waals surface area contributed by atoms with E-state index in [-0.39, 0.29) is 51.5 Å². The smallest absolute Gasteiger partial charge is 0.409 e. The number of carbonyl (C=O) groups is 4. The number of methoxy groups -OCH3 is 1. The van der Waals surface area contributed by atoms with Crippen LogP contribution in [0.15, 0.2) is 60.7 Å². The van der Waals surface area contributed by atoms with E-state index in [1.807, 2.05) is 42.5 Å². The fraction of sp³-hybridized carbons (Fsp3) is 0.345. The van der Waals surface area contributed by atoms with Gasteiger partial charge in [-0.1, -0.05) is 42.5 Å². The molecule has 11 heteroatoms. The molecule has 3 aromatic rings. The Morgan fingerprint density at radius 2 is 1.60 bits per heavy atom. The number of hydrogen-bond acceptors (Lipinski definition) is 8. The van der Waals surface area contributed by atoms with Gasteiger partial charge in [0.25, 0.3) is 5.91 Å². The molecule has 210 valence electrons. The van der Waals surface area contributed by atoms with Gasteiger partial charge in [-0.15, -0.1) is 0 Å². The first-order valence-electron chi connectivity index (χ1n) is 13.0. The topological polar surface area (TPSA) is 127 Å². The summed E-state index contributed by atoms with van der Waals surface area (Å²) in [5, 5.41) is 3.41. The number of aromatic nitrogens is 1. The molecule has 1 atom stereocenters. The van der Waals surface area contributed by atoms with Gasteiger partial charge in [0.05, 0.1) is 25.7 Å². The number of fused-ring (bicyclic) bond motifs is 1. The second kappa shape index (κ2) is 13.4. The van der Waals surface area contributed by atoms with Gasteiger partial charge < -0.3 is 29.3 Å². The molecule has 1 fully saturated rings. The van der Waals surface area contributed by atoms with E-state index in [2.05, 4.69) is 10.3 Å². The molecule has 0 bridgehead atoms. The van der Waals surface area contributed by atoms with Gasteiger partial charge in [0.1, 0.15) is 24.1 Å². The maximum absolute atomic E-state index is 13.5. The third kappa shape index (κ3) is 7.04. The number of pyridine rings is 1. The van der Waals surface area contributed by atoms with Crippen molar-refractivity contribution in [1.82, 2.24) is 20.1 Å². The molecule has 4 rings (SSSR count). The summed E-state index contributed by atoms with van der Waals surface area (Å²) in [6, 6.07) is 16.6. The highest BCUT2D eigenvalue weighted by Crippen LogP contribution is 2.25. The van der Waals surface area contributed by atoms with Crippen LogP contribution in [0.1, 0.15) is 29.4 Å². The number of rotatable bonds is 9. The van der Waals surface area contributed by atoms with Gasteiger partial charge in [-0.25, -0.2) is 9.78 Å². The van der Waals surface area contributed by atoms with Crippen LogP contribution in [0.3, 0.4) is 0 Å². The normalized spacial score (nSPS) is 13.8. The maximum atomic E-state index is 13.5. The summed E-state index contributed by atoms with van der Waals surface area (Å²) in [5.41, 5.74) is 1.38. The van der Waals surface area contributed by atoms with Crippen LogP contribution in [0.2, 0.25) is 0 Å². The van der Waals surface area contributed by atoms with Gasteiger partial charge in [0, 0.05) is 37.6 Å². The molecule has 0 saturated carbocycles. The monoisotopic (exact) mass is 548 g/mol. The zero-order valence-corrected chi connectivity index (χ0v) is 22.5. The van der Waals surface area contributed by atoms with Crippen LogP contribution in [0.5, 0.6) is 5.75 Å². The Bertz CT molecular complexity index is 1360. The van der Waals surface area contributed by atoms with Crippen molar-refractivity contribution in [3.63, 3.8) is 0 Å². The molecule has 0 aliphatic carbocycles. The molecule has 2 heterocycles. The third-order valence-electron chi connectivity index (χ3n) is 6.46. The first-order valence-corrected chi connectivity index (χ1v) is 13.0. The van der Waals surface area contributed by atoms with Crippen molar-refractivity contribution in [2.45, 2.75) is 26.0 Å². The molecular weight excluding hydrogens is 516 g/mol. The number of nitrogens with zero attached hydrogens (tertiary/aromatic N) is 3. The van der Waals surface area contributed by atoms with Crippen molar-refractivity contribution in [3.05, 3.63) is 71.9 Å². The van der Waals surface area contributed by atoms with Crippen molar-refractivity contribution in [1.29, 1.82) is 0 Å². The largest absolute Gasteiger partial charge is 0.496 e. The number of esters is 1. The Kier molecular flexibility index (Phi) is 9.50. The SMILES string of the molecule is CCOC(=O)N1CCN(C(=O)C(CC(=O)OCc2ccccc2)NC(=O)c2cc(OC)c3ccccc3n2)CC1. The predicted molar refractivity (Wildman–Crippen MR) is 146 cm³/mol. The van der Waals surface area contributed by atoms with Crippen LogP contribution >= 0.6 is 0 Å². The zero-order chi connectivity index (χ0) is 28.5. The minimum Gasteiger partial charge on any atom is -0.496 e. The van der Waals surface area contributed by atoms with E-state index >= 15 is 0 Å². The third-order valence-corrected chi connectivity index (χ3v) is 6.46. The highest BCUT2D eigenvalue weighted by atomic mass is 16.6. The molecule has 40 heavy (non-hydrogen) atoms. The maximum Gasteiger partial charge on any atom is 0.409 e. The summed E-state index contributed by atoms with van der Waals surface area (Å²) < 4.78 is 15.9. The number of hydrogen-bond donors (Lipinski definition) is 1. The number of piperazine rings is 1. The van der Waals surface area contributed by atoms with E-state index in [1.165, 1.54) is 23.0 Å². The van der Waals surface area contributed by atoms with Crippen LogP contribution in [-0.2, 0) is 25.7 Å². The van der Waals surface area contributed by atoms with Gasteiger partial charge in [-0.05, 0) is 24.6 Å². The molecule has 0 radical (unpaired) electrons. The molecule has 0 spiro atoms. The van der Waals surface area contributed by atoms with Crippen molar-refractivity contribution < 1.29 is 33.4 Å². The summed E-state index contributed by atoms with van der Waals surface area (Å²) in [7, 11) is 1.49. The van der Waals surface area contributed by atoms with Crippen LogP contribution < -0.4 is 10.1 Å². The Morgan fingerprint density at radius 3 is 2.30 bits per heavy atom. The van der Waals surface area contributed by atoms with E-state index in [0.717, 1.165) is 10.9 Å². The molecule has 2 aromatic carbocycles. The molecule has 1 saturated heterocycles. The average Bonchev–Trinajstić information content (AvgIpc) is 2.99. The van der Waals surface area contributed by atoms with Crippen molar-refractivity contribution in [2.24, 2.45) is 0 Å². The van der Waals surface area contributed by atoms with Crippen LogP contribution in [0.25, 0.3) is 10.9 Å². The van der Waals surface area contributed by atoms with E-state index in [4.69, 9.17) is 14.2 Å². The number of para-hydroxylation sites is 1. The van der Waals surface area contributed by atoms with Crippen molar-refractivity contribution in [3.8, 4) is 5.75 Å². The quantitative estimate of drug-likeness (QED) is 0.405. The van der Waals surface area contributed by atoms with E-state index < -0.39 is 29.9 Å². The lowest BCUT2D eigenvalue weighted by Gasteiger charge is -2.35. The molecule has 1 unspecified atom stereocenters. The number of ether oxygens (including phenoxy) is 3. The van der Waals surface area contributed by atoms with Crippen LogP contribution in [0.4, 0.5) is 4.79 Å². The molecule has 1 N–H and O–H groups in total. The van der Waals surface area contributed by atoms with Crippen molar-refractivity contribution in [2.75, 3.05) is 39.9 Å². The Morgan fingerprint density at radius 1 is 0.925 bits per heavy atom. The first kappa shape index (κ1) is 28.3. The number of carbonyl (C=O) groups excluding carboxylic acids is 4. The predicted octanol–water partition coefficient (Wildman–Crippen LogP) is 2.78. The van der Waals surface area contributed by atoms with E-state index in [1.54, 1.807) is 19.1 Å². The van der Waals surface area contributed by atoms with Gasteiger partial charge in [0.15, 0.2) is 0 Å². The summed E-state index contributed by atoms with van der Waals surface area (Å²) in [4.78, 5) is 59.1. The number of amides is 3. The molecule has 3 amide bonds. The Hall–Kier alpha value is -4.67. The lowest BCUT2D eigenvalue weighted by atomic mass is 10.1. The summed E-state index contributed by atoms with van der Waals surface area (Å²) in [6.07, 6.45) is -0.819. The average molecular weight is 549 g/mol. The summed E-state index contributed by atoms with van der Waals surface area (Å²) >= 11 is 0. The fourth-order valence-electron chi connectivity index (χ4n) is 4.37. The van der Waals surface area contributed by atoms with Crippen LogP contribution in [0, 0.1) is 0 Å². The minimum absolute atomic E-state index is 0.0379. The first-order chi connectivity index (χ1) is 19.4. The molecular formula is C29H32N4O7. The molecule has 11 nitrogen and oxygen atoms in total.